The minimum Gasteiger partial charge on any atom is -0.139 e. The highest BCUT2D eigenvalue weighted by atomic mass is 79.9. The van der Waals surface area contributed by atoms with Crippen molar-refractivity contribution in [2.24, 2.45) is 0 Å². The van der Waals surface area contributed by atoms with Gasteiger partial charge in [-0.15, -0.1) is 22.7 Å². The summed E-state index contributed by atoms with van der Waals surface area (Å²) in [6.07, 6.45) is 9.44. The molecule has 0 bridgehead atoms. The summed E-state index contributed by atoms with van der Waals surface area (Å²) in [7, 11) is 0. The first-order valence-corrected chi connectivity index (χ1v) is 10.7. The molecule has 0 aliphatic heterocycles. The topological polar surface area (TPSA) is 0 Å². The van der Waals surface area contributed by atoms with E-state index < -0.39 is 0 Å². The molecule has 0 atom stereocenters. The Hall–Kier alpha value is 0.360. The molecule has 2 aromatic heterocycles. The molecule has 0 aliphatic rings. The quantitative estimate of drug-likeness (QED) is 0.282. The Labute approximate surface area is 146 Å². The highest BCUT2D eigenvalue weighted by Crippen LogP contribution is 2.35. The lowest BCUT2D eigenvalue weighted by Gasteiger charge is -1.99. The SMILES string of the molecule is BrCCCCCCCCc1ccc(-c2ccc(Br)s2)s1. The van der Waals surface area contributed by atoms with Crippen molar-refractivity contribution in [1.82, 2.24) is 0 Å². The van der Waals surface area contributed by atoms with Gasteiger partial charge in [0.25, 0.3) is 0 Å². The van der Waals surface area contributed by atoms with Gasteiger partial charge in [-0.3, -0.25) is 0 Å². The number of aryl methyl sites for hydroxylation is 1. The van der Waals surface area contributed by atoms with Crippen LogP contribution in [0.15, 0.2) is 28.1 Å². The Morgan fingerprint density at radius 1 is 0.750 bits per heavy atom. The average molecular weight is 436 g/mol. The predicted molar refractivity (Wildman–Crippen MR) is 101 cm³/mol. The minimum absolute atomic E-state index is 1.16. The summed E-state index contributed by atoms with van der Waals surface area (Å²) in [6.45, 7) is 0. The summed E-state index contributed by atoms with van der Waals surface area (Å²) in [5.41, 5.74) is 0. The fourth-order valence-electron chi connectivity index (χ4n) is 2.19. The molecule has 0 saturated heterocycles. The lowest BCUT2D eigenvalue weighted by Crippen LogP contribution is -1.83. The van der Waals surface area contributed by atoms with E-state index in [1.54, 1.807) is 0 Å². The van der Waals surface area contributed by atoms with Gasteiger partial charge in [-0.1, -0.05) is 41.6 Å². The zero-order chi connectivity index (χ0) is 14.2. The third kappa shape index (κ3) is 5.63. The maximum absolute atomic E-state index is 3.53. The number of hydrogen-bond acceptors (Lipinski definition) is 2. The average Bonchev–Trinajstić information content (AvgIpc) is 3.06. The lowest BCUT2D eigenvalue weighted by molar-refractivity contribution is 0.611. The Morgan fingerprint density at radius 3 is 2.10 bits per heavy atom. The molecule has 0 spiro atoms. The van der Waals surface area contributed by atoms with Gasteiger partial charge >= 0.3 is 0 Å². The smallest absolute Gasteiger partial charge is 0.0705 e. The number of unbranched alkanes of at least 4 members (excludes halogenated alkanes) is 5. The van der Waals surface area contributed by atoms with Crippen LogP contribution in [0.2, 0.25) is 0 Å². The summed E-state index contributed by atoms with van der Waals surface area (Å²) in [5, 5.41) is 1.16. The zero-order valence-corrected chi connectivity index (χ0v) is 16.3. The molecule has 2 aromatic rings. The number of hydrogen-bond donors (Lipinski definition) is 0. The molecular formula is C16H20Br2S2. The minimum atomic E-state index is 1.16. The maximum atomic E-state index is 3.53. The van der Waals surface area contributed by atoms with Crippen LogP contribution in [0.3, 0.4) is 0 Å². The van der Waals surface area contributed by atoms with E-state index in [0.29, 0.717) is 0 Å². The molecule has 20 heavy (non-hydrogen) atoms. The zero-order valence-electron chi connectivity index (χ0n) is 11.5. The molecule has 4 heteroatoms. The van der Waals surface area contributed by atoms with E-state index in [1.807, 2.05) is 22.7 Å². The van der Waals surface area contributed by atoms with Crippen LogP contribution in [0, 0.1) is 0 Å². The summed E-state index contributed by atoms with van der Waals surface area (Å²) < 4.78 is 1.21. The molecule has 0 radical (unpaired) electrons. The van der Waals surface area contributed by atoms with Crippen LogP contribution in [0.5, 0.6) is 0 Å². The molecule has 2 rings (SSSR count). The Kier molecular flexibility index (Phi) is 7.85. The van der Waals surface area contributed by atoms with E-state index in [4.69, 9.17) is 0 Å². The standard InChI is InChI=1S/C16H20Br2S2/c17-12-6-4-2-1-3-5-7-13-8-9-14(19-13)15-10-11-16(18)20-15/h8-11H,1-7,12H2. The fourth-order valence-corrected chi connectivity index (χ4v) is 5.11. The highest BCUT2D eigenvalue weighted by Gasteiger charge is 2.05. The van der Waals surface area contributed by atoms with Gasteiger partial charge in [0.2, 0.25) is 0 Å². The Balaban J connectivity index is 1.68. The normalized spacial score (nSPS) is 11.1. The van der Waals surface area contributed by atoms with Gasteiger partial charge in [0.05, 0.1) is 3.79 Å². The van der Waals surface area contributed by atoms with Crippen LogP contribution in [-0.2, 0) is 6.42 Å². The second kappa shape index (κ2) is 9.39. The van der Waals surface area contributed by atoms with Crippen LogP contribution in [0.4, 0.5) is 0 Å². The molecule has 0 aromatic carbocycles. The first-order chi connectivity index (χ1) is 9.79. The summed E-state index contributed by atoms with van der Waals surface area (Å²) in [4.78, 5) is 4.32. The van der Waals surface area contributed by atoms with Crippen molar-refractivity contribution in [3.8, 4) is 9.75 Å². The number of alkyl halides is 1. The van der Waals surface area contributed by atoms with Crippen molar-refractivity contribution >= 4 is 54.5 Å². The van der Waals surface area contributed by atoms with Crippen molar-refractivity contribution in [3.05, 3.63) is 32.9 Å². The van der Waals surface area contributed by atoms with Crippen molar-refractivity contribution in [1.29, 1.82) is 0 Å². The van der Waals surface area contributed by atoms with Crippen LogP contribution >= 0.6 is 54.5 Å². The third-order valence-corrected chi connectivity index (χ3v) is 6.81. The maximum Gasteiger partial charge on any atom is 0.0705 e. The predicted octanol–water partition coefficient (Wildman–Crippen LogP) is 7.52. The lowest BCUT2D eigenvalue weighted by atomic mass is 10.1. The number of thiophene rings is 2. The van der Waals surface area contributed by atoms with E-state index in [9.17, 15) is 0 Å². The molecular weight excluding hydrogens is 416 g/mol. The molecule has 2 heterocycles. The van der Waals surface area contributed by atoms with Gasteiger partial charge in [-0.2, -0.15) is 0 Å². The van der Waals surface area contributed by atoms with Gasteiger partial charge in [-0.25, -0.2) is 0 Å². The second-order valence-corrected chi connectivity index (χ2v) is 9.35. The van der Waals surface area contributed by atoms with Crippen molar-refractivity contribution in [2.75, 3.05) is 5.33 Å². The molecule has 0 N–H and O–H groups in total. The molecule has 0 fully saturated rings. The third-order valence-electron chi connectivity index (χ3n) is 3.28. The summed E-state index contributed by atoms with van der Waals surface area (Å²) in [5.74, 6) is 0. The Bertz CT molecular complexity index is 502. The summed E-state index contributed by atoms with van der Waals surface area (Å²) in [6, 6.07) is 8.91. The van der Waals surface area contributed by atoms with Gasteiger partial charge in [0, 0.05) is 20.0 Å². The van der Waals surface area contributed by atoms with E-state index >= 15 is 0 Å². The summed E-state index contributed by atoms with van der Waals surface area (Å²) >= 11 is 10.8. The first-order valence-electron chi connectivity index (χ1n) is 7.20. The second-order valence-electron chi connectivity index (χ2n) is 4.93. The molecule has 0 unspecified atom stereocenters. The Morgan fingerprint density at radius 2 is 1.40 bits per heavy atom. The molecule has 0 saturated carbocycles. The monoisotopic (exact) mass is 434 g/mol. The van der Waals surface area contributed by atoms with Gasteiger partial charge < -0.3 is 0 Å². The molecule has 0 amide bonds. The number of rotatable bonds is 9. The van der Waals surface area contributed by atoms with Gasteiger partial charge in [0.15, 0.2) is 0 Å². The fraction of sp³-hybridized carbons (Fsp3) is 0.500. The first kappa shape index (κ1) is 16.7. The van der Waals surface area contributed by atoms with E-state index in [-0.39, 0.29) is 0 Å². The van der Waals surface area contributed by atoms with Crippen molar-refractivity contribution in [3.63, 3.8) is 0 Å². The van der Waals surface area contributed by atoms with Crippen LogP contribution in [0.25, 0.3) is 9.75 Å². The number of halogens is 2. The molecule has 110 valence electrons. The molecule has 0 aliphatic carbocycles. The van der Waals surface area contributed by atoms with Crippen LogP contribution in [-0.4, -0.2) is 5.33 Å². The largest absolute Gasteiger partial charge is 0.139 e. The van der Waals surface area contributed by atoms with Crippen molar-refractivity contribution < 1.29 is 0 Å². The molecule has 0 nitrogen and oxygen atoms in total. The van der Waals surface area contributed by atoms with Crippen LogP contribution in [0.1, 0.15) is 43.4 Å². The highest BCUT2D eigenvalue weighted by molar-refractivity contribution is 9.11. The van der Waals surface area contributed by atoms with E-state index in [2.05, 4.69) is 56.1 Å². The van der Waals surface area contributed by atoms with Crippen LogP contribution < -0.4 is 0 Å². The van der Waals surface area contributed by atoms with Gasteiger partial charge in [-0.05, 0) is 59.5 Å². The van der Waals surface area contributed by atoms with Crippen molar-refractivity contribution in [2.45, 2.75) is 44.9 Å². The van der Waals surface area contributed by atoms with E-state index in [1.165, 1.54) is 63.4 Å². The van der Waals surface area contributed by atoms with E-state index in [0.717, 1.165) is 5.33 Å². The van der Waals surface area contributed by atoms with Gasteiger partial charge in [0.1, 0.15) is 0 Å².